The van der Waals surface area contributed by atoms with Crippen LogP contribution in [0.3, 0.4) is 0 Å². The topological polar surface area (TPSA) is 0 Å². The molecule has 1 aliphatic rings. The third kappa shape index (κ3) is 1.21. The smallest absolute Gasteiger partial charge is 0.00361 e. The summed E-state index contributed by atoms with van der Waals surface area (Å²) in [4.78, 5) is 0. The van der Waals surface area contributed by atoms with E-state index in [4.69, 9.17) is 0 Å². The lowest BCUT2D eigenvalue weighted by atomic mass is 9.57. The molecule has 0 amide bonds. The zero-order valence-electron chi connectivity index (χ0n) is 8.38. The molecule has 0 radical (unpaired) electrons. The van der Waals surface area contributed by atoms with E-state index >= 15 is 0 Å². The van der Waals surface area contributed by atoms with Crippen LogP contribution in [0.4, 0.5) is 0 Å². The minimum atomic E-state index is 0.307. The van der Waals surface area contributed by atoms with Crippen molar-refractivity contribution in [2.45, 2.75) is 26.2 Å². The lowest BCUT2D eigenvalue weighted by molar-refractivity contribution is 0.246. The van der Waals surface area contributed by atoms with Crippen molar-refractivity contribution >= 4 is 0 Å². The SMILES string of the molecule is C=C1CC(c2ccccc2)C1(C)C. The summed E-state index contributed by atoms with van der Waals surface area (Å²) in [7, 11) is 0. The predicted octanol–water partition coefficient (Wildman–Crippen LogP) is 3.76. The Kier molecular flexibility index (Phi) is 1.80. The Morgan fingerprint density at radius 2 is 1.85 bits per heavy atom. The third-order valence-electron chi connectivity index (χ3n) is 3.43. The quantitative estimate of drug-likeness (QED) is 0.566. The molecule has 1 atom stereocenters. The number of benzene rings is 1. The Morgan fingerprint density at radius 3 is 2.31 bits per heavy atom. The van der Waals surface area contributed by atoms with Gasteiger partial charge in [-0.3, -0.25) is 0 Å². The van der Waals surface area contributed by atoms with Crippen LogP contribution in [0.2, 0.25) is 0 Å². The van der Waals surface area contributed by atoms with E-state index in [1.807, 2.05) is 0 Å². The number of rotatable bonds is 1. The van der Waals surface area contributed by atoms with E-state index in [0.717, 1.165) is 6.42 Å². The van der Waals surface area contributed by atoms with Crippen LogP contribution in [0.1, 0.15) is 31.7 Å². The summed E-state index contributed by atoms with van der Waals surface area (Å²) in [6.45, 7) is 8.67. The number of allylic oxidation sites excluding steroid dienone is 1. The molecule has 0 aromatic heterocycles. The zero-order chi connectivity index (χ0) is 9.47. The molecule has 1 aliphatic carbocycles. The van der Waals surface area contributed by atoms with Gasteiger partial charge in [0.15, 0.2) is 0 Å². The van der Waals surface area contributed by atoms with Crippen molar-refractivity contribution in [2.24, 2.45) is 5.41 Å². The molecule has 1 fully saturated rings. The summed E-state index contributed by atoms with van der Waals surface area (Å²) >= 11 is 0. The van der Waals surface area contributed by atoms with Crippen molar-refractivity contribution < 1.29 is 0 Å². The highest BCUT2D eigenvalue weighted by atomic mass is 14.5. The fourth-order valence-corrected chi connectivity index (χ4v) is 2.10. The zero-order valence-corrected chi connectivity index (χ0v) is 8.38. The fraction of sp³-hybridized carbons (Fsp3) is 0.385. The molecule has 0 nitrogen and oxygen atoms in total. The van der Waals surface area contributed by atoms with Crippen molar-refractivity contribution in [3.05, 3.63) is 48.0 Å². The summed E-state index contributed by atoms with van der Waals surface area (Å²) in [6.07, 6.45) is 1.16. The average molecular weight is 172 g/mol. The van der Waals surface area contributed by atoms with Crippen LogP contribution in [-0.4, -0.2) is 0 Å². The fourth-order valence-electron chi connectivity index (χ4n) is 2.10. The van der Waals surface area contributed by atoms with Crippen LogP contribution >= 0.6 is 0 Å². The molecule has 68 valence electrons. The molecule has 0 N–H and O–H groups in total. The van der Waals surface area contributed by atoms with Crippen molar-refractivity contribution in [3.63, 3.8) is 0 Å². The highest BCUT2D eigenvalue weighted by Crippen LogP contribution is 2.55. The van der Waals surface area contributed by atoms with Gasteiger partial charge in [-0.25, -0.2) is 0 Å². The second-order valence-electron chi connectivity index (χ2n) is 4.49. The van der Waals surface area contributed by atoms with Crippen molar-refractivity contribution in [1.29, 1.82) is 0 Å². The molecule has 13 heavy (non-hydrogen) atoms. The van der Waals surface area contributed by atoms with Gasteiger partial charge in [-0.1, -0.05) is 56.3 Å². The number of hydrogen-bond acceptors (Lipinski definition) is 0. The third-order valence-corrected chi connectivity index (χ3v) is 3.43. The Hall–Kier alpha value is -1.04. The van der Waals surface area contributed by atoms with Gasteiger partial charge < -0.3 is 0 Å². The first-order valence-electron chi connectivity index (χ1n) is 4.85. The van der Waals surface area contributed by atoms with Gasteiger partial charge in [0.2, 0.25) is 0 Å². The molecule has 2 rings (SSSR count). The molecule has 0 heterocycles. The highest BCUT2D eigenvalue weighted by molar-refractivity contribution is 5.35. The number of hydrogen-bond donors (Lipinski definition) is 0. The summed E-state index contributed by atoms with van der Waals surface area (Å²) in [5, 5.41) is 0. The highest BCUT2D eigenvalue weighted by Gasteiger charge is 2.42. The van der Waals surface area contributed by atoms with E-state index in [9.17, 15) is 0 Å². The van der Waals surface area contributed by atoms with E-state index in [0.29, 0.717) is 11.3 Å². The second-order valence-corrected chi connectivity index (χ2v) is 4.49. The normalized spacial score (nSPS) is 25.4. The predicted molar refractivity (Wildman–Crippen MR) is 56.7 cm³/mol. The van der Waals surface area contributed by atoms with Gasteiger partial charge in [0.1, 0.15) is 0 Å². The van der Waals surface area contributed by atoms with Gasteiger partial charge in [-0.2, -0.15) is 0 Å². The van der Waals surface area contributed by atoms with Crippen molar-refractivity contribution in [3.8, 4) is 0 Å². The largest absolute Gasteiger partial charge is 0.0993 e. The van der Waals surface area contributed by atoms with Crippen molar-refractivity contribution in [1.82, 2.24) is 0 Å². The Morgan fingerprint density at radius 1 is 1.23 bits per heavy atom. The molecule has 0 aliphatic heterocycles. The van der Waals surface area contributed by atoms with E-state index in [2.05, 4.69) is 50.8 Å². The first kappa shape index (κ1) is 8.55. The summed E-state index contributed by atoms with van der Waals surface area (Å²) in [6, 6.07) is 10.8. The van der Waals surface area contributed by atoms with Crippen LogP contribution in [0.25, 0.3) is 0 Å². The van der Waals surface area contributed by atoms with Crippen molar-refractivity contribution in [2.75, 3.05) is 0 Å². The molecular weight excluding hydrogens is 156 g/mol. The summed E-state index contributed by atoms with van der Waals surface area (Å²) < 4.78 is 0. The van der Waals surface area contributed by atoms with E-state index in [1.165, 1.54) is 11.1 Å². The molecule has 0 spiro atoms. The standard InChI is InChI=1S/C13H16/c1-10-9-12(13(10,2)3)11-7-5-4-6-8-11/h4-8,12H,1,9H2,2-3H3. The molecule has 0 heteroatoms. The van der Waals surface area contributed by atoms with Gasteiger partial charge in [0, 0.05) is 0 Å². The van der Waals surface area contributed by atoms with E-state index in [1.54, 1.807) is 0 Å². The van der Waals surface area contributed by atoms with Crippen LogP contribution in [-0.2, 0) is 0 Å². The molecule has 0 bridgehead atoms. The van der Waals surface area contributed by atoms with Gasteiger partial charge in [-0.05, 0) is 23.3 Å². The second kappa shape index (κ2) is 2.73. The van der Waals surface area contributed by atoms with Crippen LogP contribution in [0, 0.1) is 5.41 Å². The maximum Gasteiger partial charge on any atom is -0.00361 e. The monoisotopic (exact) mass is 172 g/mol. The summed E-state index contributed by atoms with van der Waals surface area (Å²) in [5.41, 5.74) is 3.16. The average Bonchev–Trinajstić information content (AvgIpc) is 2.15. The van der Waals surface area contributed by atoms with Crippen LogP contribution in [0.15, 0.2) is 42.5 Å². The maximum atomic E-state index is 4.09. The molecule has 0 saturated heterocycles. The van der Waals surface area contributed by atoms with Gasteiger partial charge in [0.25, 0.3) is 0 Å². The lowest BCUT2D eigenvalue weighted by Crippen LogP contribution is -2.34. The first-order valence-corrected chi connectivity index (χ1v) is 4.85. The Labute approximate surface area is 80.3 Å². The minimum Gasteiger partial charge on any atom is -0.0993 e. The lowest BCUT2D eigenvalue weighted by Gasteiger charge is -2.47. The maximum absolute atomic E-state index is 4.09. The molecule has 1 aromatic carbocycles. The van der Waals surface area contributed by atoms with Gasteiger partial charge >= 0.3 is 0 Å². The Balaban J connectivity index is 2.27. The molecule has 1 unspecified atom stereocenters. The van der Waals surface area contributed by atoms with Gasteiger partial charge in [-0.15, -0.1) is 0 Å². The minimum absolute atomic E-state index is 0.307. The molecule has 1 saturated carbocycles. The van der Waals surface area contributed by atoms with Crippen LogP contribution in [0.5, 0.6) is 0 Å². The first-order chi connectivity index (χ1) is 6.12. The van der Waals surface area contributed by atoms with E-state index in [-0.39, 0.29) is 0 Å². The molecular formula is C13H16. The molecule has 1 aromatic rings. The van der Waals surface area contributed by atoms with E-state index < -0.39 is 0 Å². The van der Waals surface area contributed by atoms with Crippen LogP contribution < -0.4 is 0 Å². The van der Waals surface area contributed by atoms with Gasteiger partial charge in [0.05, 0.1) is 0 Å². The Bertz CT molecular complexity index is 319. The summed E-state index contributed by atoms with van der Waals surface area (Å²) in [5.74, 6) is 0.682.